The Bertz CT molecular complexity index is 518. The number of rotatable bonds is 0. The summed E-state index contributed by atoms with van der Waals surface area (Å²) in [5, 5.41) is 19.0. The third kappa shape index (κ3) is 16.7. The van der Waals surface area contributed by atoms with Crippen LogP contribution < -0.4 is 16.8 Å². The minimum absolute atomic E-state index is 0. The van der Waals surface area contributed by atoms with Crippen LogP contribution in [0.1, 0.15) is 46.0 Å². The highest BCUT2D eigenvalue weighted by molar-refractivity contribution is 5.92. The maximum Gasteiger partial charge on any atom is 0.221 e. The van der Waals surface area contributed by atoms with Crippen LogP contribution in [0.15, 0.2) is 9.98 Å². The predicted molar refractivity (Wildman–Crippen MR) is 130 cm³/mol. The van der Waals surface area contributed by atoms with E-state index in [2.05, 4.69) is 15.3 Å². The number of aliphatic imine (C=N–C) groups is 2. The van der Waals surface area contributed by atoms with Crippen molar-refractivity contribution in [3.63, 3.8) is 0 Å². The molecular formula is C19H43ClN10. The van der Waals surface area contributed by atoms with Gasteiger partial charge in [-0.1, -0.05) is 13.8 Å². The average molecular weight is 447 g/mol. The highest BCUT2D eigenvalue weighted by Gasteiger charge is 2.13. The van der Waals surface area contributed by atoms with Gasteiger partial charge in [0.25, 0.3) is 0 Å². The van der Waals surface area contributed by atoms with Crippen LogP contribution in [0.4, 0.5) is 0 Å². The van der Waals surface area contributed by atoms with Crippen molar-refractivity contribution in [2.75, 3.05) is 54.4 Å². The van der Waals surface area contributed by atoms with Gasteiger partial charge in [0, 0.05) is 41.3 Å². The maximum atomic E-state index is 7.94. The summed E-state index contributed by atoms with van der Waals surface area (Å²) in [5.41, 5.74) is 10.8. The second-order valence-corrected chi connectivity index (χ2v) is 7.01. The molecule has 0 aliphatic carbocycles. The number of nitriles is 1. The summed E-state index contributed by atoms with van der Waals surface area (Å²) in [4.78, 5) is 12.5. The fourth-order valence-electron chi connectivity index (χ4n) is 2.34. The van der Waals surface area contributed by atoms with E-state index in [1.807, 2.05) is 19.0 Å². The topological polar surface area (TPSA) is 146 Å². The Morgan fingerprint density at radius 2 is 1.40 bits per heavy atom. The molecule has 2 fully saturated rings. The van der Waals surface area contributed by atoms with Crippen LogP contribution in [-0.2, 0) is 0 Å². The number of guanidine groups is 3. The summed E-state index contributed by atoms with van der Waals surface area (Å²) in [6.45, 7) is 4.37. The van der Waals surface area contributed by atoms with Gasteiger partial charge >= 0.3 is 0 Å². The molecular weight excluding hydrogens is 404 g/mol. The van der Waals surface area contributed by atoms with Gasteiger partial charge in [-0.3, -0.25) is 5.41 Å². The SMILES string of the molecule is C.C1CCNCC1.CN(C)C(N)=NC#N.CN(C)C(N)=NC(=N)N1CCCCC1.Cl. The van der Waals surface area contributed by atoms with E-state index in [-0.39, 0.29) is 31.8 Å². The Kier molecular flexibility index (Phi) is 21.7. The smallest absolute Gasteiger partial charge is 0.221 e. The molecule has 10 nitrogen and oxygen atoms in total. The summed E-state index contributed by atoms with van der Waals surface area (Å²) in [5.74, 6) is 0.906. The molecule has 0 atom stereocenters. The number of nitrogens with zero attached hydrogens (tertiary/aromatic N) is 6. The number of hydrogen-bond donors (Lipinski definition) is 4. The highest BCUT2D eigenvalue weighted by atomic mass is 35.5. The zero-order valence-electron chi connectivity index (χ0n) is 18.3. The van der Waals surface area contributed by atoms with Crippen molar-refractivity contribution in [3.05, 3.63) is 0 Å². The Hall–Kier alpha value is -2.25. The standard InChI is InChI=1S/C9H19N5.C5H11N.C4H8N4.CH4.ClH/c1-13(2)8(10)12-9(11)14-6-4-3-5-7-14;1-2-4-6-5-3-1;1-8(2)4(6)7-3-5;;/h3-7H2,1-2H3,(H3,10,11,12);6H,1-5H2;1-2H3,(H2,6,7);1H4;1H. The lowest BCUT2D eigenvalue weighted by Crippen LogP contribution is -2.38. The van der Waals surface area contributed by atoms with Gasteiger partial charge < -0.3 is 31.5 Å². The fourth-order valence-corrected chi connectivity index (χ4v) is 2.34. The van der Waals surface area contributed by atoms with Crippen molar-refractivity contribution in [1.29, 1.82) is 10.7 Å². The summed E-state index contributed by atoms with van der Waals surface area (Å²) in [7, 11) is 7.08. The number of piperidine rings is 2. The molecule has 0 unspecified atom stereocenters. The summed E-state index contributed by atoms with van der Waals surface area (Å²) >= 11 is 0. The van der Waals surface area contributed by atoms with E-state index in [9.17, 15) is 0 Å². The molecule has 2 aliphatic heterocycles. The Morgan fingerprint density at radius 1 is 0.933 bits per heavy atom. The van der Waals surface area contributed by atoms with Crippen molar-refractivity contribution in [1.82, 2.24) is 20.0 Å². The predicted octanol–water partition coefficient (Wildman–Crippen LogP) is 1.44. The molecule has 11 heteroatoms. The molecule has 0 radical (unpaired) electrons. The minimum atomic E-state index is 0. The van der Waals surface area contributed by atoms with Crippen LogP contribution in [-0.4, -0.2) is 86.9 Å². The molecule has 0 amide bonds. The molecule has 0 aromatic heterocycles. The van der Waals surface area contributed by atoms with Crippen LogP contribution in [0.25, 0.3) is 0 Å². The minimum Gasteiger partial charge on any atom is -0.369 e. The maximum absolute atomic E-state index is 7.94. The molecule has 0 spiro atoms. The number of nitrogens with one attached hydrogen (secondary N) is 2. The summed E-state index contributed by atoms with van der Waals surface area (Å²) < 4.78 is 0. The van der Waals surface area contributed by atoms with Crippen molar-refractivity contribution >= 4 is 30.3 Å². The molecule has 0 bridgehead atoms. The quantitative estimate of drug-likeness (QED) is 0.250. The van der Waals surface area contributed by atoms with Gasteiger partial charge in [-0.05, 0) is 45.2 Å². The molecule has 2 rings (SSSR count). The van der Waals surface area contributed by atoms with Crippen molar-refractivity contribution < 1.29 is 0 Å². The number of nitrogens with two attached hydrogens (primary N) is 2. The third-order valence-electron chi connectivity index (χ3n) is 4.16. The van der Waals surface area contributed by atoms with E-state index < -0.39 is 0 Å². The number of halogens is 1. The highest BCUT2D eigenvalue weighted by Crippen LogP contribution is 2.09. The van der Waals surface area contributed by atoms with E-state index in [1.165, 1.54) is 38.8 Å². The molecule has 0 saturated carbocycles. The first kappa shape index (κ1) is 32.4. The van der Waals surface area contributed by atoms with Crippen LogP contribution >= 0.6 is 12.4 Å². The Morgan fingerprint density at radius 3 is 1.70 bits per heavy atom. The molecule has 2 aliphatic rings. The lowest BCUT2D eigenvalue weighted by atomic mass is 10.1. The van der Waals surface area contributed by atoms with Gasteiger partial charge in [-0.2, -0.15) is 10.3 Å². The van der Waals surface area contributed by atoms with E-state index in [4.69, 9.17) is 22.1 Å². The average Bonchev–Trinajstić information content (AvgIpc) is 2.71. The van der Waals surface area contributed by atoms with Gasteiger partial charge in [0.2, 0.25) is 18.1 Å². The fraction of sp³-hybridized carbons (Fsp3) is 0.789. The van der Waals surface area contributed by atoms with E-state index in [1.54, 1.807) is 30.1 Å². The molecule has 30 heavy (non-hydrogen) atoms. The first-order valence-electron chi connectivity index (χ1n) is 9.74. The summed E-state index contributed by atoms with van der Waals surface area (Å²) in [6.07, 6.45) is 9.35. The summed E-state index contributed by atoms with van der Waals surface area (Å²) in [6, 6.07) is 0. The Balaban J connectivity index is -0.000000390. The molecule has 0 aromatic rings. The number of likely N-dealkylation sites (tertiary alicyclic amines) is 1. The van der Waals surface area contributed by atoms with Crippen molar-refractivity contribution in [2.45, 2.75) is 46.0 Å². The van der Waals surface area contributed by atoms with Crippen LogP contribution in [0.5, 0.6) is 0 Å². The van der Waals surface area contributed by atoms with Crippen molar-refractivity contribution in [3.8, 4) is 6.19 Å². The second kappa shape index (κ2) is 20.0. The van der Waals surface area contributed by atoms with Crippen LogP contribution in [0, 0.1) is 16.9 Å². The zero-order valence-corrected chi connectivity index (χ0v) is 19.1. The normalized spacial score (nSPS) is 16.0. The van der Waals surface area contributed by atoms with E-state index in [0.717, 1.165) is 25.9 Å². The van der Waals surface area contributed by atoms with Gasteiger partial charge in [0.15, 0.2) is 5.96 Å². The largest absolute Gasteiger partial charge is 0.369 e. The molecule has 0 aromatic carbocycles. The monoisotopic (exact) mass is 446 g/mol. The van der Waals surface area contributed by atoms with Crippen LogP contribution in [0.3, 0.4) is 0 Å². The Labute approximate surface area is 189 Å². The first-order chi connectivity index (χ1) is 13.3. The molecule has 2 saturated heterocycles. The first-order valence-corrected chi connectivity index (χ1v) is 9.74. The van der Waals surface area contributed by atoms with Gasteiger partial charge in [-0.25, -0.2) is 0 Å². The molecule has 6 N–H and O–H groups in total. The lowest BCUT2D eigenvalue weighted by molar-refractivity contribution is 0.337. The van der Waals surface area contributed by atoms with Crippen molar-refractivity contribution in [2.24, 2.45) is 21.5 Å². The lowest BCUT2D eigenvalue weighted by Gasteiger charge is -2.27. The van der Waals surface area contributed by atoms with E-state index in [0.29, 0.717) is 5.96 Å². The second-order valence-electron chi connectivity index (χ2n) is 7.01. The van der Waals surface area contributed by atoms with Gasteiger partial charge in [0.05, 0.1) is 0 Å². The van der Waals surface area contributed by atoms with Crippen LogP contribution in [0.2, 0.25) is 0 Å². The third-order valence-corrected chi connectivity index (χ3v) is 4.16. The van der Waals surface area contributed by atoms with E-state index >= 15 is 0 Å². The number of hydrogen-bond acceptors (Lipinski definition) is 4. The van der Waals surface area contributed by atoms with Gasteiger partial charge in [0.1, 0.15) is 0 Å². The zero-order chi connectivity index (χ0) is 21.4. The molecule has 2 heterocycles. The molecule has 176 valence electrons. The van der Waals surface area contributed by atoms with Gasteiger partial charge in [-0.15, -0.1) is 17.4 Å².